The van der Waals surface area contributed by atoms with Gasteiger partial charge in [0, 0.05) is 38.3 Å². The summed E-state index contributed by atoms with van der Waals surface area (Å²) in [6, 6.07) is 0.942. The summed E-state index contributed by atoms with van der Waals surface area (Å²) in [5.41, 5.74) is -0.439. The maximum absolute atomic E-state index is 12.2. The number of piperidine rings is 1. The molecule has 21 heavy (non-hydrogen) atoms. The Morgan fingerprint density at radius 2 is 2.14 bits per heavy atom. The zero-order valence-corrected chi connectivity index (χ0v) is 13.3. The molecule has 3 heterocycles. The molecule has 3 unspecified atom stereocenters. The van der Waals surface area contributed by atoms with Gasteiger partial charge >= 0.3 is 6.09 Å². The Morgan fingerprint density at radius 3 is 2.90 bits per heavy atom. The largest absolute Gasteiger partial charge is 0.444 e. The van der Waals surface area contributed by atoms with Crippen molar-refractivity contribution in [2.24, 2.45) is 0 Å². The molecule has 1 N–H and O–H groups in total. The molecule has 0 aliphatic carbocycles. The fraction of sp³-hybridized carbons (Fsp3) is 0.933. The van der Waals surface area contributed by atoms with E-state index in [9.17, 15) is 4.79 Å². The van der Waals surface area contributed by atoms with Crippen molar-refractivity contribution >= 4 is 6.09 Å². The molecule has 0 radical (unpaired) electrons. The molecular weight excluding hydrogens is 270 g/mol. The van der Waals surface area contributed by atoms with Crippen LogP contribution < -0.4 is 5.32 Å². The normalized spacial score (nSPS) is 34.0. The van der Waals surface area contributed by atoms with Crippen LogP contribution in [0.4, 0.5) is 4.79 Å². The number of nitrogens with zero attached hydrogens (tertiary/aromatic N) is 2. The van der Waals surface area contributed by atoms with Crippen LogP contribution in [-0.4, -0.2) is 79.0 Å². The van der Waals surface area contributed by atoms with E-state index in [-0.39, 0.29) is 12.2 Å². The summed E-state index contributed by atoms with van der Waals surface area (Å²) >= 11 is 0. The van der Waals surface area contributed by atoms with Gasteiger partial charge in [0.15, 0.2) is 0 Å². The Morgan fingerprint density at radius 1 is 1.33 bits per heavy atom. The summed E-state index contributed by atoms with van der Waals surface area (Å²) in [7, 11) is 0. The molecule has 3 aliphatic rings. The molecule has 1 amide bonds. The number of ether oxygens (including phenoxy) is 2. The minimum atomic E-state index is -0.439. The van der Waals surface area contributed by atoms with Crippen LogP contribution in [0.5, 0.6) is 0 Å². The molecule has 3 rings (SSSR count). The highest BCUT2D eigenvalue weighted by molar-refractivity contribution is 5.68. The first-order chi connectivity index (χ1) is 9.94. The van der Waals surface area contributed by atoms with Gasteiger partial charge in [0.1, 0.15) is 5.60 Å². The molecule has 0 spiro atoms. The van der Waals surface area contributed by atoms with Crippen molar-refractivity contribution < 1.29 is 14.3 Å². The molecule has 3 aliphatic heterocycles. The lowest BCUT2D eigenvalue weighted by Crippen LogP contribution is -2.67. The first-order valence-electron chi connectivity index (χ1n) is 8.00. The Labute approximate surface area is 126 Å². The summed E-state index contributed by atoms with van der Waals surface area (Å²) in [6.07, 6.45) is 0.882. The van der Waals surface area contributed by atoms with E-state index in [1.54, 1.807) is 4.90 Å². The van der Waals surface area contributed by atoms with E-state index in [4.69, 9.17) is 9.47 Å². The number of fused-ring (bicyclic) bond motifs is 3. The fourth-order valence-corrected chi connectivity index (χ4v) is 3.54. The lowest BCUT2D eigenvalue weighted by Gasteiger charge is -2.52. The minimum absolute atomic E-state index is 0.126. The molecule has 3 fully saturated rings. The number of nitrogens with one attached hydrogen (secondary N) is 1. The number of piperazine rings is 1. The van der Waals surface area contributed by atoms with Gasteiger partial charge < -0.3 is 19.7 Å². The highest BCUT2D eigenvalue weighted by Crippen LogP contribution is 2.27. The van der Waals surface area contributed by atoms with Crippen LogP contribution >= 0.6 is 0 Å². The minimum Gasteiger partial charge on any atom is -0.444 e. The van der Waals surface area contributed by atoms with Crippen molar-refractivity contribution in [3.8, 4) is 0 Å². The van der Waals surface area contributed by atoms with Crippen LogP contribution in [0.1, 0.15) is 27.2 Å². The van der Waals surface area contributed by atoms with Crippen LogP contribution in [0.15, 0.2) is 0 Å². The van der Waals surface area contributed by atoms with E-state index >= 15 is 0 Å². The summed E-state index contributed by atoms with van der Waals surface area (Å²) in [6.45, 7) is 11.0. The summed E-state index contributed by atoms with van der Waals surface area (Å²) < 4.78 is 11.5. The van der Waals surface area contributed by atoms with Crippen molar-refractivity contribution in [2.45, 2.75) is 51.0 Å². The number of hydrogen-bond donors (Lipinski definition) is 1. The Balaban J connectivity index is 1.60. The van der Waals surface area contributed by atoms with E-state index in [0.717, 1.165) is 39.2 Å². The highest BCUT2D eigenvalue weighted by atomic mass is 16.6. The Hall–Kier alpha value is -0.850. The molecule has 6 heteroatoms. The van der Waals surface area contributed by atoms with Crippen LogP contribution in [0.3, 0.4) is 0 Å². The molecule has 0 aromatic carbocycles. The summed E-state index contributed by atoms with van der Waals surface area (Å²) in [5.74, 6) is 0. The maximum atomic E-state index is 12.2. The van der Waals surface area contributed by atoms with E-state index in [1.165, 1.54) is 0 Å². The van der Waals surface area contributed by atoms with Crippen LogP contribution in [0, 0.1) is 0 Å². The smallest absolute Gasteiger partial charge is 0.410 e. The summed E-state index contributed by atoms with van der Waals surface area (Å²) in [5, 5.41) is 3.43. The SMILES string of the molecule is CC(C)(C)OC(=O)N1CCC2C(C1)OCC1CNCCN12. The monoisotopic (exact) mass is 297 g/mol. The molecule has 6 nitrogen and oxygen atoms in total. The molecule has 0 saturated carbocycles. The van der Waals surface area contributed by atoms with Crippen molar-refractivity contribution in [3.05, 3.63) is 0 Å². The molecule has 3 saturated heterocycles. The van der Waals surface area contributed by atoms with Crippen LogP contribution in [-0.2, 0) is 9.47 Å². The van der Waals surface area contributed by atoms with Gasteiger partial charge in [-0.15, -0.1) is 0 Å². The second kappa shape index (κ2) is 5.74. The quantitative estimate of drug-likeness (QED) is 0.712. The third-order valence-electron chi connectivity index (χ3n) is 4.50. The van der Waals surface area contributed by atoms with Crippen molar-refractivity contribution in [1.29, 1.82) is 0 Å². The summed E-state index contributed by atoms with van der Waals surface area (Å²) in [4.78, 5) is 16.6. The highest BCUT2D eigenvalue weighted by Gasteiger charge is 2.43. The van der Waals surface area contributed by atoms with Gasteiger partial charge in [-0.1, -0.05) is 0 Å². The number of hydrogen-bond acceptors (Lipinski definition) is 5. The van der Waals surface area contributed by atoms with Gasteiger partial charge in [0.25, 0.3) is 0 Å². The zero-order chi connectivity index (χ0) is 15.0. The average molecular weight is 297 g/mol. The molecule has 3 atom stereocenters. The van der Waals surface area contributed by atoms with E-state index in [0.29, 0.717) is 18.6 Å². The topological polar surface area (TPSA) is 54.0 Å². The third-order valence-corrected chi connectivity index (χ3v) is 4.50. The van der Waals surface area contributed by atoms with E-state index in [1.807, 2.05) is 20.8 Å². The first-order valence-corrected chi connectivity index (χ1v) is 8.00. The predicted molar refractivity (Wildman–Crippen MR) is 79.3 cm³/mol. The van der Waals surface area contributed by atoms with E-state index in [2.05, 4.69) is 10.2 Å². The van der Waals surface area contributed by atoms with E-state index < -0.39 is 5.60 Å². The van der Waals surface area contributed by atoms with Crippen molar-refractivity contribution in [1.82, 2.24) is 15.1 Å². The number of rotatable bonds is 0. The van der Waals surface area contributed by atoms with Gasteiger partial charge in [-0.3, -0.25) is 4.90 Å². The lowest BCUT2D eigenvalue weighted by atomic mass is 9.95. The number of carbonyl (C=O) groups excluding carboxylic acids is 1. The number of amides is 1. The molecule has 0 aromatic rings. The zero-order valence-electron chi connectivity index (χ0n) is 13.3. The van der Waals surface area contributed by atoms with Gasteiger partial charge in [0.05, 0.1) is 19.3 Å². The Bertz CT molecular complexity index is 396. The van der Waals surface area contributed by atoms with Gasteiger partial charge in [-0.2, -0.15) is 0 Å². The first kappa shape index (κ1) is 15.1. The fourth-order valence-electron chi connectivity index (χ4n) is 3.54. The predicted octanol–water partition coefficient (Wildman–Crippen LogP) is 0.668. The molecule has 0 bridgehead atoms. The molecular formula is C15H27N3O3. The van der Waals surface area contributed by atoms with Gasteiger partial charge in [0.2, 0.25) is 0 Å². The number of morpholine rings is 1. The van der Waals surface area contributed by atoms with Gasteiger partial charge in [-0.25, -0.2) is 4.79 Å². The van der Waals surface area contributed by atoms with Crippen molar-refractivity contribution in [2.75, 3.05) is 39.3 Å². The number of carbonyl (C=O) groups is 1. The second-order valence-electron chi connectivity index (χ2n) is 7.25. The van der Waals surface area contributed by atoms with Crippen LogP contribution in [0.2, 0.25) is 0 Å². The van der Waals surface area contributed by atoms with Crippen LogP contribution in [0.25, 0.3) is 0 Å². The average Bonchev–Trinajstić information content (AvgIpc) is 2.44. The number of likely N-dealkylation sites (tertiary alicyclic amines) is 1. The third kappa shape index (κ3) is 3.33. The second-order valence-corrected chi connectivity index (χ2v) is 7.25. The standard InChI is InChI=1S/C15H27N3O3/c1-15(2,3)21-14(19)17-6-4-12-13(9-17)20-10-11-8-16-5-7-18(11)12/h11-13,16H,4-10H2,1-3H3. The van der Waals surface area contributed by atoms with Gasteiger partial charge in [-0.05, 0) is 27.2 Å². The maximum Gasteiger partial charge on any atom is 0.410 e. The Kier molecular flexibility index (Phi) is 4.12. The van der Waals surface area contributed by atoms with Crippen molar-refractivity contribution in [3.63, 3.8) is 0 Å². The lowest BCUT2D eigenvalue weighted by molar-refractivity contribution is -0.135. The molecule has 0 aromatic heterocycles. The molecule has 120 valence electrons.